The normalized spacial score (nSPS) is 25.9. The van der Waals surface area contributed by atoms with E-state index < -0.39 is 0 Å². The number of carbonyl (C=O) groups excluding carboxylic acids is 1. The highest BCUT2D eigenvalue weighted by atomic mass is 16.5. The minimum Gasteiger partial charge on any atom is -0.431 e. The monoisotopic (exact) mass is 214 g/mol. The van der Waals surface area contributed by atoms with E-state index in [0.717, 1.165) is 18.6 Å². The molecule has 1 fully saturated rings. The molecule has 2 aliphatic rings. The molecule has 2 aliphatic carbocycles. The Hall–Kier alpha value is -1.57. The maximum absolute atomic E-state index is 11.0. The third kappa shape index (κ3) is 1.64. The Kier molecular flexibility index (Phi) is 2.10. The highest BCUT2D eigenvalue weighted by Gasteiger charge is 2.43. The van der Waals surface area contributed by atoms with Crippen LogP contribution in [-0.2, 0) is 16.0 Å². The van der Waals surface area contributed by atoms with Gasteiger partial charge in [-0.05, 0) is 36.0 Å². The molecule has 2 unspecified atom stereocenters. The first kappa shape index (κ1) is 9.64. The van der Waals surface area contributed by atoms with Gasteiger partial charge in [-0.2, -0.15) is 0 Å². The summed E-state index contributed by atoms with van der Waals surface area (Å²) in [5.41, 5.74) is 2.57. The summed E-state index contributed by atoms with van der Waals surface area (Å²) < 4.78 is 5.30. The van der Waals surface area contributed by atoms with Gasteiger partial charge in [0.1, 0.15) is 5.76 Å². The molecule has 0 N–H and O–H groups in total. The van der Waals surface area contributed by atoms with Crippen LogP contribution >= 0.6 is 0 Å². The van der Waals surface area contributed by atoms with Crippen LogP contribution in [-0.4, -0.2) is 5.97 Å². The van der Waals surface area contributed by atoms with Crippen molar-refractivity contribution in [1.82, 2.24) is 0 Å². The van der Waals surface area contributed by atoms with Crippen LogP contribution in [0.15, 0.2) is 30.0 Å². The van der Waals surface area contributed by atoms with E-state index in [1.165, 1.54) is 18.1 Å². The molecule has 2 atom stereocenters. The van der Waals surface area contributed by atoms with Crippen molar-refractivity contribution >= 4 is 12.0 Å². The number of allylic oxidation sites excluding steroid dienone is 1. The number of ether oxygens (including phenoxy) is 1. The minimum absolute atomic E-state index is 0.212. The van der Waals surface area contributed by atoms with E-state index >= 15 is 0 Å². The molecule has 0 saturated heterocycles. The van der Waals surface area contributed by atoms with Gasteiger partial charge in [0, 0.05) is 12.8 Å². The number of esters is 1. The van der Waals surface area contributed by atoms with E-state index in [0.29, 0.717) is 11.8 Å². The Bertz CT molecular complexity index is 473. The van der Waals surface area contributed by atoms with E-state index in [9.17, 15) is 4.79 Å². The maximum Gasteiger partial charge on any atom is 0.307 e. The molecule has 1 saturated carbocycles. The SMILES string of the molecule is CC(=O)OC1=Cc2ccccc2CC2CC12. The number of fused-ring (bicyclic) bond motifs is 2. The van der Waals surface area contributed by atoms with Crippen LogP contribution < -0.4 is 0 Å². The molecule has 82 valence electrons. The number of hydrogen-bond acceptors (Lipinski definition) is 2. The zero-order valence-electron chi connectivity index (χ0n) is 9.27. The molecule has 16 heavy (non-hydrogen) atoms. The highest BCUT2D eigenvalue weighted by molar-refractivity contribution is 5.70. The number of carbonyl (C=O) groups is 1. The molecule has 3 rings (SSSR count). The molecular weight excluding hydrogens is 200 g/mol. The molecule has 1 aromatic carbocycles. The Labute approximate surface area is 94.9 Å². The van der Waals surface area contributed by atoms with Crippen molar-refractivity contribution in [2.75, 3.05) is 0 Å². The van der Waals surface area contributed by atoms with E-state index in [2.05, 4.69) is 18.2 Å². The Morgan fingerprint density at radius 3 is 3.00 bits per heavy atom. The minimum atomic E-state index is -0.212. The summed E-state index contributed by atoms with van der Waals surface area (Å²) in [6.45, 7) is 1.47. The van der Waals surface area contributed by atoms with Crippen molar-refractivity contribution in [3.63, 3.8) is 0 Å². The predicted octanol–water partition coefficient (Wildman–Crippen LogP) is 2.78. The fraction of sp³-hybridized carbons (Fsp3) is 0.357. The van der Waals surface area contributed by atoms with Crippen LogP contribution in [0.5, 0.6) is 0 Å². The summed E-state index contributed by atoms with van der Waals surface area (Å²) in [5.74, 6) is 1.80. The second-order valence-corrected chi connectivity index (χ2v) is 4.65. The van der Waals surface area contributed by atoms with Crippen molar-refractivity contribution in [3.05, 3.63) is 41.2 Å². The Morgan fingerprint density at radius 2 is 2.19 bits per heavy atom. The summed E-state index contributed by atoms with van der Waals surface area (Å²) >= 11 is 0. The van der Waals surface area contributed by atoms with Crippen molar-refractivity contribution < 1.29 is 9.53 Å². The lowest BCUT2D eigenvalue weighted by Crippen LogP contribution is -2.00. The zero-order chi connectivity index (χ0) is 11.1. The van der Waals surface area contributed by atoms with Gasteiger partial charge in [-0.25, -0.2) is 0 Å². The lowest BCUT2D eigenvalue weighted by molar-refractivity contribution is -0.137. The van der Waals surface area contributed by atoms with Gasteiger partial charge in [0.05, 0.1) is 0 Å². The van der Waals surface area contributed by atoms with E-state index in [-0.39, 0.29) is 5.97 Å². The average molecular weight is 214 g/mol. The van der Waals surface area contributed by atoms with Crippen molar-refractivity contribution in [3.8, 4) is 0 Å². The molecule has 2 nitrogen and oxygen atoms in total. The number of benzene rings is 1. The largest absolute Gasteiger partial charge is 0.431 e. The standard InChI is InChI=1S/C14H14O2/c1-9(15)16-14-8-11-5-3-2-4-10(11)6-12-7-13(12)14/h2-5,8,12-13H,6-7H2,1H3. The maximum atomic E-state index is 11.0. The smallest absolute Gasteiger partial charge is 0.307 e. The second-order valence-electron chi connectivity index (χ2n) is 4.65. The van der Waals surface area contributed by atoms with Gasteiger partial charge in [-0.1, -0.05) is 24.3 Å². The van der Waals surface area contributed by atoms with Crippen LogP contribution in [0.2, 0.25) is 0 Å². The Balaban J connectivity index is 1.99. The molecule has 0 amide bonds. The molecule has 0 aromatic heterocycles. The first-order valence-electron chi connectivity index (χ1n) is 5.72. The fourth-order valence-corrected chi connectivity index (χ4v) is 2.50. The highest BCUT2D eigenvalue weighted by Crippen LogP contribution is 2.49. The first-order valence-corrected chi connectivity index (χ1v) is 5.72. The van der Waals surface area contributed by atoms with Gasteiger partial charge >= 0.3 is 5.97 Å². The van der Waals surface area contributed by atoms with Gasteiger partial charge in [-0.3, -0.25) is 4.79 Å². The Morgan fingerprint density at radius 1 is 1.38 bits per heavy atom. The lowest BCUT2D eigenvalue weighted by atomic mass is 10.0. The zero-order valence-corrected chi connectivity index (χ0v) is 9.27. The number of rotatable bonds is 1. The molecule has 0 bridgehead atoms. The van der Waals surface area contributed by atoms with Gasteiger partial charge < -0.3 is 4.74 Å². The summed E-state index contributed by atoms with van der Waals surface area (Å²) in [7, 11) is 0. The van der Waals surface area contributed by atoms with Crippen molar-refractivity contribution in [2.45, 2.75) is 19.8 Å². The van der Waals surface area contributed by atoms with E-state index in [1.807, 2.05) is 12.1 Å². The van der Waals surface area contributed by atoms with Crippen molar-refractivity contribution in [1.29, 1.82) is 0 Å². The van der Waals surface area contributed by atoms with Crippen LogP contribution in [0, 0.1) is 11.8 Å². The summed E-state index contributed by atoms with van der Waals surface area (Å²) in [5, 5.41) is 0. The molecule has 0 radical (unpaired) electrons. The van der Waals surface area contributed by atoms with E-state index in [4.69, 9.17) is 4.74 Å². The quantitative estimate of drug-likeness (QED) is 0.672. The molecule has 0 heterocycles. The van der Waals surface area contributed by atoms with Gasteiger partial charge in [0.15, 0.2) is 0 Å². The van der Waals surface area contributed by atoms with Gasteiger partial charge in [0.2, 0.25) is 0 Å². The van der Waals surface area contributed by atoms with Crippen LogP contribution in [0.3, 0.4) is 0 Å². The van der Waals surface area contributed by atoms with Crippen LogP contribution in [0.25, 0.3) is 6.08 Å². The van der Waals surface area contributed by atoms with Crippen LogP contribution in [0.1, 0.15) is 24.5 Å². The summed E-state index contributed by atoms with van der Waals surface area (Å²) in [6, 6.07) is 8.35. The molecular formula is C14H14O2. The third-order valence-corrected chi connectivity index (χ3v) is 3.38. The topological polar surface area (TPSA) is 26.3 Å². The fourth-order valence-electron chi connectivity index (χ4n) is 2.50. The van der Waals surface area contributed by atoms with Gasteiger partial charge in [-0.15, -0.1) is 0 Å². The average Bonchev–Trinajstić information content (AvgIpc) is 2.97. The van der Waals surface area contributed by atoms with Crippen molar-refractivity contribution in [2.24, 2.45) is 11.8 Å². The first-order chi connectivity index (χ1) is 7.74. The summed E-state index contributed by atoms with van der Waals surface area (Å²) in [4.78, 5) is 11.0. The lowest BCUT2D eigenvalue weighted by Gasteiger charge is -2.05. The van der Waals surface area contributed by atoms with Gasteiger partial charge in [0.25, 0.3) is 0 Å². The molecule has 2 heteroatoms. The number of hydrogen-bond donors (Lipinski definition) is 0. The van der Waals surface area contributed by atoms with Crippen LogP contribution in [0.4, 0.5) is 0 Å². The molecule has 0 aliphatic heterocycles. The predicted molar refractivity (Wildman–Crippen MR) is 61.5 cm³/mol. The third-order valence-electron chi connectivity index (χ3n) is 3.38. The summed E-state index contributed by atoms with van der Waals surface area (Å²) in [6.07, 6.45) is 4.31. The second kappa shape index (κ2) is 3.48. The molecule has 1 aromatic rings. The van der Waals surface area contributed by atoms with E-state index in [1.54, 1.807) is 0 Å². The molecule has 0 spiro atoms.